The Labute approximate surface area is 224 Å². The van der Waals surface area contributed by atoms with Gasteiger partial charge in [0.05, 0.1) is 11.9 Å². The molecule has 1 atom stereocenters. The van der Waals surface area contributed by atoms with E-state index in [0.29, 0.717) is 33.3 Å². The highest BCUT2D eigenvalue weighted by Crippen LogP contribution is 2.28. The lowest BCUT2D eigenvalue weighted by Gasteiger charge is -2.35. The number of benzene rings is 2. The molecule has 0 saturated carbocycles. The molecular formula is C26H35Cl2N3O4S. The molecule has 2 aromatic carbocycles. The number of aryl methyl sites for hydroxylation is 2. The smallest absolute Gasteiger partial charge is 0.244 e. The van der Waals surface area contributed by atoms with Gasteiger partial charge in [0.1, 0.15) is 12.6 Å². The molecule has 0 bridgehead atoms. The Morgan fingerprint density at radius 3 is 2.14 bits per heavy atom. The number of nitrogens with zero attached hydrogens (tertiary/aromatic N) is 2. The highest BCUT2D eigenvalue weighted by atomic mass is 35.5. The summed E-state index contributed by atoms with van der Waals surface area (Å²) in [5.74, 6) is -0.896. The van der Waals surface area contributed by atoms with E-state index in [-0.39, 0.29) is 12.5 Å². The van der Waals surface area contributed by atoms with Crippen molar-refractivity contribution in [1.29, 1.82) is 0 Å². The first-order valence-corrected chi connectivity index (χ1v) is 14.2. The third-order valence-electron chi connectivity index (χ3n) is 5.59. The lowest BCUT2D eigenvalue weighted by atomic mass is 10.1. The van der Waals surface area contributed by atoms with Crippen molar-refractivity contribution in [3.63, 3.8) is 0 Å². The van der Waals surface area contributed by atoms with Crippen LogP contribution in [0.15, 0.2) is 36.4 Å². The Balaban J connectivity index is 2.57. The summed E-state index contributed by atoms with van der Waals surface area (Å²) in [4.78, 5) is 28.4. The molecule has 0 aliphatic carbocycles. The molecule has 0 radical (unpaired) electrons. The normalized spacial score (nSPS) is 12.7. The summed E-state index contributed by atoms with van der Waals surface area (Å²) < 4.78 is 26.7. The van der Waals surface area contributed by atoms with Crippen molar-refractivity contribution in [3.8, 4) is 0 Å². The largest absolute Gasteiger partial charge is 0.350 e. The van der Waals surface area contributed by atoms with Crippen LogP contribution in [0.3, 0.4) is 0 Å². The second kappa shape index (κ2) is 11.8. The minimum Gasteiger partial charge on any atom is -0.350 e. The first kappa shape index (κ1) is 29.9. The highest BCUT2D eigenvalue weighted by Gasteiger charge is 2.34. The van der Waals surface area contributed by atoms with Crippen LogP contribution in [0.2, 0.25) is 10.0 Å². The van der Waals surface area contributed by atoms with Crippen molar-refractivity contribution in [3.05, 3.63) is 63.1 Å². The average Bonchev–Trinajstić information content (AvgIpc) is 2.73. The molecule has 36 heavy (non-hydrogen) atoms. The topological polar surface area (TPSA) is 86.8 Å². The van der Waals surface area contributed by atoms with E-state index in [1.54, 1.807) is 44.2 Å². The maximum atomic E-state index is 13.8. The summed E-state index contributed by atoms with van der Waals surface area (Å²) in [5, 5.41) is 3.62. The summed E-state index contributed by atoms with van der Waals surface area (Å²) in [7, 11) is -3.82. The summed E-state index contributed by atoms with van der Waals surface area (Å²) >= 11 is 12.8. The van der Waals surface area contributed by atoms with Crippen LogP contribution < -0.4 is 9.62 Å². The van der Waals surface area contributed by atoms with Gasteiger partial charge in [-0.2, -0.15) is 0 Å². The predicted octanol–water partition coefficient (Wildman–Crippen LogP) is 5.10. The molecule has 0 fully saturated rings. The minimum atomic E-state index is -3.82. The van der Waals surface area contributed by atoms with Gasteiger partial charge < -0.3 is 10.2 Å². The zero-order valence-corrected chi connectivity index (χ0v) is 24.2. The van der Waals surface area contributed by atoms with Crippen molar-refractivity contribution >= 4 is 50.7 Å². The standard InChI is InChI=1S/C26H35Cl2N3O4S/c1-8-22(25(33)29-26(4,5)6)30(15-19-20(27)10-9-11-21(19)28)24(32)16-31(36(7,34)35)23-14-17(2)12-13-18(23)3/h9-14,22H,8,15-16H2,1-7H3,(H,29,33)/t22-/m0/s1. The molecule has 2 rings (SSSR count). The first-order valence-electron chi connectivity index (χ1n) is 11.6. The molecule has 0 spiro atoms. The SMILES string of the molecule is CC[C@@H](C(=O)NC(C)(C)C)N(Cc1c(Cl)cccc1Cl)C(=O)CN(c1cc(C)ccc1C)S(C)(=O)=O. The Hall–Kier alpha value is -2.29. The summed E-state index contributed by atoms with van der Waals surface area (Å²) in [6.45, 7) is 10.4. The van der Waals surface area contributed by atoms with E-state index in [4.69, 9.17) is 23.2 Å². The fourth-order valence-electron chi connectivity index (χ4n) is 3.81. The Bertz CT molecular complexity index is 1210. The molecule has 0 saturated heterocycles. The molecule has 0 aliphatic heterocycles. The van der Waals surface area contributed by atoms with Gasteiger partial charge in [-0.3, -0.25) is 13.9 Å². The van der Waals surface area contributed by atoms with Crippen molar-refractivity contribution < 1.29 is 18.0 Å². The summed E-state index contributed by atoms with van der Waals surface area (Å²) in [6, 6.07) is 9.53. The van der Waals surface area contributed by atoms with Crippen LogP contribution >= 0.6 is 23.2 Å². The lowest BCUT2D eigenvalue weighted by molar-refractivity contribution is -0.141. The quantitative estimate of drug-likeness (QED) is 0.466. The number of anilines is 1. The molecule has 10 heteroatoms. The minimum absolute atomic E-state index is 0.0577. The number of amides is 2. The van der Waals surface area contributed by atoms with Crippen LogP contribution in [0, 0.1) is 13.8 Å². The molecule has 7 nitrogen and oxygen atoms in total. The van der Waals surface area contributed by atoms with Crippen LogP contribution in [0.1, 0.15) is 50.8 Å². The number of hydrogen-bond acceptors (Lipinski definition) is 4. The molecule has 0 heterocycles. The Morgan fingerprint density at radius 1 is 1.06 bits per heavy atom. The van der Waals surface area contributed by atoms with Gasteiger partial charge in [-0.1, -0.05) is 48.3 Å². The number of carbonyl (C=O) groups excluding carboxylic acids is 2. The summed E-state index contributed by atoms with van der Waals surface area (Å²) in [5.41, 5.74) is 1.92. The zero-order chi connectivity index (χ0) is 27.4. The van der Waals surface area contributed by atoms with Crippen LogP contribution in [-0.2, 0) is 26.2 Å². The number of carbonyl (C=O) groups is 2. The van der Waals surface area contributed by atoms with Gasteiger partial charge in [0.25, 0.3) is 0 Å². The maximum Gasteiger partial charge on any atom is 0.244 e. The third-order valence-corrected chi connectivity index (χ3v) is 7.42. The number of halogens is 2. The van der Waals surface area contributed by atoms with E-state index in [1.807, 2.05) is 33.8 Å². The molecule has 0 aliphatic rings. The van der Waals surface area contributed by atoms with E-state index < -0.39 is 34.1 Å². The third kappa shape index (κ3) is 7.85. The number of hydrogen-bond donors (Lipinski definition) is 1. The van der Waals surface area contributed by atoms with Crippen molar-refractivity contribution in [2.75, 3.05) is 17.1 Å². The molecule has 2 amide bonds. The van der Waals surface area contributed by atoms with Crippen molar-refractivity contribution in [2.24, 2.45) is 0 Å². The van der Waals surface area contributed by atoms with Gasteiger partial charge in [0.2, 0.25) is 21.8 Å². The molecular weight excluding hydrogens is 521 g/mol. The lowest BCUT2D eigenvalue weighted by Crippen LogP contribution is -2.55. The van der Waals surface area contributed by atoms with Gasteiger partial charge in [0, 0.05) is 27.7 Å². The zero-order valence-electron chi connectivity index (χ0n) is 21.9. The monoisotopic (exact) mass is 555 g/mol. The van der Waals surface area contributed by atoms with Gasteiger partial charge in [-0.15, -0.1) is 0 Å². The molecule has 0 aromatic heterocycles. The highest BCUT2D eigenvalue weighted by molar-refractivity contribution is 7.92. The Kier molecular flexibility index (Phi) is 9.84. The Morgan fingerprint density at radius 2 is 1.64 bits per heavy atom. The number of nitrogens with one attached hydrogen (secondary N) is 1. The van der Waals surface area contributed by atoms with E-state index in [0.717, 1.165) is 16.1 Å². The van der Waals surface area contributed by atoms with E-state index in [1.165, 1.54) is 4.90 Å². The van der Waals surface area contributed by atoms with Crippen molar-refractivity contribution in [2.45, 2.75) is 66.1 Å². The van der Waals surface area contributed by atoms with E-state index >= 15 is 0 Å². The molecule has 0 unspecified atom stereocenters. The van der Waals surface area contributed by atoms with Crippen LogP contribution in [0.25, 0.3) is 0 Å². The summed E-state index contributed by atoms with van der Waals surface area (Å²) in [6.07, 6.45) is 1.36. The van der Waals surface area contributed by atoms with E-state index in [2.05, 4.69) is 5.32 Å². The number of rotatable bonds is 9. The molecule has 198 valence electrons. The van der Waals surface area contributed by atoms with Crippen molar-refractivity contribution in [1.82, 2.24) is 10.2 Å². The van der Waals surface area contributed by atoms with Crippen LogP contribution in [0.4, 0.5) is 5.69 Å². The van der Waals surface area contributed by atoms with Gasteiger partial charge in [0.15, 0.2) is 0 Å². The average molecular weight is 557 g/mol. The maximum absolute atomic E-state index is 13.8. The fraction of sp³-hybridized carbons (Fsp3) is 0.462. The fourth-order valence-corrected chi connectivity index (χ4v) is 5.22. The van der Waals surface area contributed by atoms with Gasteiger partial charge in [-0.05, 0) is 70.4 Å². The first-order chi connectivity index (χ1) is 16.5. The molecule has 1 N–H and O–H groups in total. The van der Waals surface area contributed by atoms with Gasteiger partial charge >= 0.3 is 0 Å². The van der Waals surface area contributed by atoms with E-state index in [9.17, 15) is 18.0 Å². The van der Waals surface area contributed by atoms with Crippen LogP contribution in [-0.4, -0.2) is 49.5 Å². The number of sulfonamides is 1. The van der Waals surface area contributed by atoms with Gasteiger partial charge in [-0.25, -0.2) is 8.42 Å². The second-order valence-electron chi connectivity index (χ2n) is 9.94. The second-order valence-corrected chi connectivity index (χ2v) is 12.7. The predicted molar refractivity (Wildman–Crippen MR) is 147 cm³/mol. The molecule has 2 aromatic rings. The van der Waals surface area contributed by atoms with Crippen LogP contribution in [0.5, 0.6) is 0 Å².